The highest BCUT2D eigenvalue weighted by molar-refractivity contribution is 5.97. The molecule has 2 rings (SSSR count). The molecule has 0 spiro atoms. The van der Waals surface area contributed by atoms with Gasteiger partial charge in [-0.2, -0.15) is 0 Å². The number of ketones is 1. The summed E-state index contributed by atoms with van der Waals surface area (Å²) < 4.78 is 0. The summed E-state index contributed by atoms with van der Waals surface area (Å²) >= 11 is 0. The topological polar surface area (TPSA) is 187 Å². The molecule has 3 atom stereocenters. The third-order valence-corrected chi connectivity index (χ3v) is 6.36. The Morgan fingerprint density at radius 3 is 2.21 bits per heavy atom. The molecular formula is C27H37N5O6. The maximum atomic E-state index is 14.3. The van der Waals surface area contributed by atoms with Gasteiger partial charge in [0.05, 0.1) is 17.3 Å². The van der Waals surface area contributed by atoms with Gasteiger partial charge in [0.15, 0.2) is 0 Å². The number of H-pyrrole nitrogens is 2. The number of carbonyl (C=O) groups is 3. The lowest BCUT2D eigenvalue weighted by molar-refractivity contribution is -0.151. The number of benzene rings is 1. The third kappa shape index (κ3) is 7.83. The van der Waals surface area contributed by atoms with Gasteiger partial charge in [0.25, 0.3) is 5.56 Å². The maximum absolute atomic E-state index is 14.3. The SMILES string of the molecule is CC(C)C[C@@H](C(=O)NN)[C@H](C(=O)NO)C(/C=C/c1ccccc1)(CC(C)C)C(=O)Cc1cc(=O)[nH]c(=O)[nH]1. The van der Waals surface area contributed by atoms with Crippen molar-refractivity contribution in [2.24, 2.45) is 34.9 Å². The molecule has 0 saturated carbocycles. The molecule has 1 heterocycles. The fraction of sp³-hybridized carbons (Fsp3) is 0.444. The van der Waals surface area contributed by atoms with Gasteiger partial charge in [0.1, 0.15) is 5.78 Å². The summed E-state index contributed by atoms with van der Waals surface area (Å²) in [6, 6.07) is 10.2. The molecule has 11 heteroatoms. The summed E-state index contributed by atoms with van der Waals surface area (Å²) in [7, 11) is 0. The molecule has 0 aliphatic carbocycles. The summed E-state index contributed by atoms with van der Waals surface area (Å²) in [6.07, 6.45) is 3.18. The van der Waals surface area contributed by atoms with Gasteiger partial charge in [-0.25, -0.2) is 16.1 Å². The van der Waals surface area contributed by atoms with Crippen LogP contribution in [0.2, 0.25) is 0 Å². The largest absolute Gasteiger partial charge is 0.325 e. The Balaban J connectivity index is 2.86. The first-order chi connectivity index (χ1) is 17.9. The molecule has 0 bridgehead atoms. The van der Waals surface area contributed by atoms with Crippen molar-refractivity contribution >= 4 is 23.7 Å². The van der Waals surface area contributed by atoms with E-state index >= 15 is 0 Å². The van der Waals surface area contributed by atoms with Gasteiger partial charge < -0.3 is 4.98 Å². The van der Waals surface area contributed by atoms with Crippen molar-refractivity contribution < 1.29 is 19.6 Å². The quantitative estimate of drug-likeness (QED) is 0.0989. The van der Waals surface area contributed by atoms with E-state index in [0.29, 0.717) is 0 Å². The van der Waals surface area contributed by atoms with Crippen molar-refractivity contribution in [3.8, 4) is 0 Å². The Hall–Kier alpha value is -3.83. The molecule has 0 aliphatic rings. The second-order valence-electron chi connectivity index (χ2n) is 10.3. The van der Waals surface area contributed by atoms with E-state index in [-0.39, 0.29) is 30.4 Å². The van der Waals surface area contributed by atoms with Crippen molar-refractivity contribution in [2.75, 3.05) is 0 Å². The Kier molecular flexibility index (Phi) is 10.9. The molecule has 2 amide bonds. The number of hydrazine groups is 1. The summed E-state index contributed by atoms with van der Waals surface area (Å²) in [5, 5.41) is 9.78. The van der Waals surface area contributed by atoms with Crippen LogP contribution in [-0.2, 0) is 20.8 Å². The average molecular weight is 528 g/mol. The predicted molar refractivity (Wildman–Crippen MR) is 142 cm³/mol. The fourth-order valence-electron chi connectivity index (χ4n) is 4.97. The van der Waals surface area contributed by atoms with Crippen LogP contribution in [0.5, 0.6) is 0 Å². The van der Waals surface area contributed by atoms with E-state index in [2.05, 4.69) is 15.4 Å². The minimum atomic E-state index is -1.64. The van der Waals surface area contributed by atoms with E-state index in [9.17, 15) is 29.2 Å². The molecule has 0 saturated heterocycles. The van der Waals surface area contributed by atoms with Crippen molar-refractivity contribution in [1.29, 1.82) is 0 Å². The first-order valence-corrected chi connectivity index (χ1v) is 12.5. The lowest BCUT2D eigenvalue weighted by Crippen LogP contribution is -2.54. The minimum Gasteiger partial charge on any atom is -0.311 e. The van der Waals surface area contributed by atoms with E-state index in [1.807, 2.05) is 58.0 Å². The van der Waals surface area contributed by atoms with Crippen molar-refractivity contribution in [3.63, 3.8) is 0 Å². The van der Waals surface area contributed by atoms with Gasteiger partial charge in [0.2, 0.25) is 11.8 Å². The molecule has 206 valence electrons. The molecule has 2 aromatic rings. The van der Waals surface area contributed by atoms with Crippen molar-refractivity contribution in [1.82, 2.24) is 20.9 Å². The number of aromatic amines is 2. The van der Waals surface area contributed by atoms with Crippen LogP contribution in [0.4, 0.5) is 0 Å². The maximum Gasteiger partial charge on any atom is 0.325 e. The number of aromatic nitrogens is 2. The van der Waals surface area contributed by atoms with Crippen molar-refractivity contribution in [3.05, 3.63) is 74.6 Å². The van der Waals surface area contributed by atoms with Crippen LogP contribution in [0.25, 0.3) is 6.08 Å². The standard InChI is InChI=1S/C27H37N5O6/c1-16(2)12-20(24(35)31-28)23(25(36)32-38)27(15-17(3)4,11-10-18-8-6-5-7-9-18)21(33)13-19-14-22(34)30-26(37)29-19/h5-11,14,16-17,20,23,38H,12-13,15,28H2,1-4H3,(H,31,35)(H,32,36)(H2,29,30,34,37)/b11-10+/t20-,23-,27?/m1/s1. The molecular weight excluding hydrogens is 490 g/mol. The monoisotopic (exact) mass is 527 g/mol. The zero-order valence-corrected chi connectivity index (χ0v) is 22.1. The second-order valence-corrected chi connectivity index (χ2v) is 10.3. The minimum absolute atomic E-state index is 0.0526. The number of hydroxylamine groups is 1. The first-order valence-electron chi connectivity index (χ1n) is 12.5. The highest BCUT2D eigenvalue weighted by Gasteiger charge is 2.52. The van der Waals surface area contributed by atoms with E-state index in [4.69, 9.17) is 5.84 Å². The van der Waals surface area contributed by atoms with Crippen LogP contribution in [0.15, 0.2) is 52.1 Å². The Bertz CT molecular complexity index is 1220. The first kappa shape index (κ1) is 30.4. The third-order valence-electron chi connectivity index (χ3n) is 6.36. The van der Waals surface area contributed by atoms with Crippen LogP contribution in [0.3, 0.4) is 0 Å². The molecule has 38 heavy (non-hydrogen) atoms. The number of hydrogen-bond donors (Lipinski definition) is 6. The van der Waals surface area contributed by atoms with E-state index < -0.39 is 52.5 Å². The summed E-state index contributed by atoms with van der Waals surface area (Å²) in [5.41, 5.74) is 1.45. The van der Waals surface area contributed by atoms with Gasteiger partial charge in [0, 0.05) is 18.2 Å². The Labute approximate surface area is 220 Å². The molecule has 11 nitrogen and oxygen atoms in total. The number of nitrogens with one attached hydrogen (secondary N) is 4. The van der Waals surface area contributed by atoms with Gasteiger partial charge in [-0.05, 0) is 30.2 Å². The molecule has 1 aromatic carbocycles. The zero-order chi connectivity index (χ0) is 28.5. The highest BCUT2D eigenvalue weighted by atomic mass is 16.5. The second kappa shape index (κ2) is 13.6. The Morgan fingerprint density at radius 1 is 1.03 bits per heavy atom. The normalized spacial score (nSPS) is 14.7. The van der Waals surface area contributed by atoms with Crippen LogP contribution >= 0.6 is 0 Å². The lowest BCUT2D eigenvalue weighted by Gasteiger charge is -2.41. The smallest absolute Gasteiger partial charge is 0.311 e. The number of carbonyl (C=O) groups excluding carboxylic acids is 3. The van der Waals surface area contributed by atoms with Crippen molar-refractivity contribution in [2.45, 2.75) is 47.0 Å². The number of allylic oxidation sites excluding steroid dienone is 1. The number of hydrogen-bond acceptors (Lipinski definition) is 7. The lowest BCUT2D eigenvalue weighted by atomic mass is 9.60. The van der Waals surface area contributed by atoms with Gasteiger partial charge in [-0.1, -0.05) is 70.2 Å². The molecule has 1 aromatic heterocycles. The fourth-order valence-corrected chi connectivity index (χ4v) is 4.97. The summed E-state index contributed by atoms with van der Waals surface area (Å²) in [4.78, 5) is 69.0. The molecule has 0 fully saturated rings. The van der Waals surface area contributed by atoms with Crippen LogP contribution in [0, 0.1) is 29.1 Å². The summed E-state index contributed by atoms with van der Waals surface area (Å²) in [6.45, 7) is 7.44. The number of amides is 2. The van der Waals surface area contributed by atoms with E-state index in [0.717, 1.165) is 11.6 Å². The van der Waals surface area contributed by atoms with Gasteiger partial charge in [-0.3, -0.25) is 34.8 Å². The Morgan fingerprint density at radius 2 is 1.68 bits per heavy atom. The van der Waals surface area contributed by atoms with Crippen LogP contribution in [-0.4, -0.2) is 32.8 Å². The number of nitrogens with two attached hydrogens (primary N) is 1. The van der Waals surface area contributed by atoms with E-state index in [1.165, 1.54) is 0 Å². The van der Waals surface area contributed by atoms with Gasteiger partial charge in [-0.15, -0.1) is 0 Å². The van der Waals surface area contributed by atoms with Gasteiger partial charge >= 0.3 is 5.69 Å². The van der Waals surface area contributed by atoms with Crippen LogP contribution < -0.4 is 28.0 Å². The molecule has 1 unspecified atom stereocenters. The molecule has 7 N–H and O–H groups in total. The van der Waals surface area contributed by atoms with E-state index in [1.54, 1.807) is 17.6 Å². The average Bonchev–Trinajstić information content (AvgIpc) is 2.85. The zero-order valence-electron chi connectivity index (χ0n) is 22.1. The molecule has 0 radical (unpaired) electrons. The number of rotatable bonds is 13. The van der Waals surface area contributed by atoms with Crippen LogP contribution in [0.1, 0.15) is 51.8 Å². The highest BCUT2D eigenvalue weighted by Crippen LogP contribution is 2.45. The predicted octanol–water partition coefficient (Wildman–Crippen LogP) is 1.69. The number of Topliss-reactive ketones (excluding diaryl/α,β-unsaturated/α-hetero) is 1. The summed E-state index contributed by atoms with van der Waals surface area (Å²) in [5.74, 6) is 0.710. The molecule has 0 aliphatic heterocycles.